The second kappa shape index (κ2) is 4.04. The van der Waals surface area contributed by atoms with Gasteiger partial charge in [-0.05, 0) is 0 Å². The van der Waals surface area contributed by atoms with Crippen molar-refractivity contribution >= 4 is 23.2 Å². The van der Waals surface area contributed by atoms with Crippen molar-refractivity contribution in [1.82, 2.24) is 9.62 Å². The Morgan fingerprint density at radius 1 is 1.55 bits per heavy atom. The third kappa shape index (κ3) is 3.68. The van der Waals surface area contributed by atoms with Gasteiger partial charge in [0.1, 0.15) is 0 Å². The number of nitrogens with zero attached hydrogens (tertiary/aromatic N) is 1. The van der Waals surface area contributed by atoms with E-state index in [4.69, 9.17) is 0 Å². The molecule has 0 saturated heterocycles. The fourth-order valence-electron chi connectivity index (χ4n) is 0.283. The molecule has 7 heteroatoms. The average molecular weight is 179 g/mol. The van der Waals surface area contributed by atoms with Crippen LogP contribution in [0.25, 0.3) is 0 Å². The first kappa shape index (κ1) is 10.0. The maximum Gasteiger partial charge on any atom is 0.334 e. The van der Waals surface area contributed by atoms with Crippen LogP contribution < -0.4 is 4.72 Å². The normalized spacial score (nSPS) is 11.9. The number of amides is 3. The highest BCUT2D eigenvalue weighted by Crippen LogP contribution is 1.84. The number of urea groups is 1. The Labute approximate surface area is 66.0 Å². The zero-order valence-electron chi connectivity index (χ0n) is 5.99. The summed E-state index contributed by atoms with van der Waals surface area (Å²) in [5.74, 6) is -0.534. The molecular formula is C4H7N2O4S-. The maximum atomic E-state index is 10.6. The Hall–Kier alpha value is -0.950. The summed E-state index contributed by atoms with van der Waals surface area (Å²) in [7, 11) is 1.17. The van der Waals surface area contributed by atoms with Gasteiger partial charge < -0.3 is 4.55 Å². The lowest BCUT2D eigenvalue weighted by Crippen LogP contribution is -2.40. The van der Waals surface area contributed by atoms with E-state index in [1.54, 1.807) is 0 Å². The lowest BCUT2D eigenvalue weighted by atomic mass is 10.6. The van der Waals surface area contributed by atoms with Crippen LogP contribution in [0.2, 0.25) is 0 Å². The molecule has 0 aromatic heterocycles. The van der Waals surface area contributed by atoms with Gasteiger partial charge in [-0.1, -0.05) is 0 Å². The number of hydrogen-bond acceptors (Lipinski definition) is 4. The molecule has 0 rings (SSSR count). The third-order valence-electron chi connectivity index (χ3n) is 0.948. The highest BCUT2D eigenvalue weighted by molar-refractivity contribution is 7.77. The summed E-state index contributed by atoms with van der Waals surface area (Å²) >= 11 is -2.68. The molecule has 0 aromatic carbocycles. The first-order valence-electron chi connectivity index (χ1n) is 2.59. The van der Waals surface area contributed by atoms with Gasteiger partial charge in [0.2, 0.25) is 5.91 Å². The van der Waals surface area contributed by atoms with Crippen molar-refractivity contribution in [1.29, 1.82) is 0 Å². The Morgan fingerprint density at radius 3 is 2.27 bits per heavy atom. The smallest absolute Gasteiger partial charge is 0.334 e. The largest absolute Gasteiger partial charge is 0.755 e. The molecule has 0 aliphatic heterocycles. The van der Waals surface area contributed by atoms with E-state index in [0.29, 0.717) is 4.90 Å². The van der Waals surface area contributed by atoms with E-state index in [1.807, 2.05) is 0 Å². The van der Waals surface area contributed by atoms with Gasteiger partial charge in [-0.25, -0.2) is 4.79 Å². The van der Waals surface area contributed by atoms with Gasteiger partial charge in [-0.2, -0.15) is 0 Å². The van der Waals surface area contributed by atoms with Gasteiger partial charge in [0.15, 0.2) is 0 Å². The van der Waals surface area contributed by atoms with Crippen LogP contribution in [0.1, 0.15) is 6.92 Å². The van der Waals surface area contributed by atoms with E-state index in [9.17, 15) is 18.4 Å². The van der Waals surface area contributed by atoms with Crippen molar-refractivity contribution in [3.05, 3.63) is 0 Å². The topological polar surface area (TPSA) is 89.5 Å². The molecule has 1 atom stereocenters. The van der Waals surface area contributed by atoms with Gasteiger partial charge in [0, 0.05) is 25.2 Å². The van der Waals surface area contributed by atoms with Gasteiger partial charge in [-0.3, -0.25) is 18.6 Å². The molecule has 1 N–H and O–H groups in total. The van der Waals surface area contributed by atoms with Crippen molar-refractivity contribution in [2.45, 2.75) is 6.92 Å². The summed E-state index contributed by atoms with van der Waals surface area (Å²) in [6, 6.07) is -0.967. The molecular weight excluding hydrogens is 172 g/mol. The number of rotatable bonds is 1. The van der Waals surface area contributed by atoms with Crippen LogP contribution in [0.15, 0.2) is 0 Å². The van der Waals surface area contributed by atoms with Gasteiger partial charge in [0.25, 0.3) is 0 Å². The molecule has 0 aliphatic rings. The minimum atomic E-state index is -2.68. The first-order valence-corrected chi connectivity index (χ1v) is 3.67. The molecule has 0 radical (unpaired) electrons. The van der Waals surface area contributed by atoms with Crippen LogP contribution >= 0.6 is 0 Å². The van der Waals surface area contributed by atoms with E-state index in [0.717, 1.165) is 6.92 Å². The monoisotopic (exact) mass is 179 g/mol. The Kier molecular flexibility index (Phi) is 3.69. The molecule has 0 aromatic rings. The minimum Gasteiger partial charge on any atom is -0.755 e. The number of carbonyl (C=O) groups excluding carboxylic acids is 2. The third-order valence-corrected chi connectivity index (χ3v) is 1.29. The Bertz CT molecular complexity index is 204. The quantitative estimate of drug-likeness (QED) is 0.521. The molecule has 1 unspecified atom stereocenters. The standard InChI is InChI=1S/C4H8N2O4S/c1-3(7)6(2)4(8)5-11(9)10/h1-2H3,(H,5,8)(H,9,10)/p-1. The number of imide groups is 1. The summed E-state index contributed by atoms with van der Waals surface area (Å²) < 4.78 is 21.2. The number of hydrogen-bond donors (Lipinski definition) is 1. The second-order valence-corrected chi connectivity index (χ2v) is 2.39. The summed E-state index contributed by atoms with van der Waals surface area (Å²) in [4.78, 5) is 21.7. The van der Waals surface area contributed by atoms with Gasteiger partial charge in [0.05, 0.1) is 0 Å². The SMILES string of the molecule is CC(=O)N(C)C(=O)NS(=O)[O-]. The van der Waals surface area contributed by atoms with Crippen molar-refractivity contribution in [2.75, 3.05) is 7.05 Å². The molecule has 3 amide bonds. The number of nitrogens with one attached hydrogen (secondary N) is 1. The van der Waals surface area contributed by atoms with Gasteiger partial charge >= 0.3 is 6.03 Å². The maximum absolute atomic E-state index is 10.6. The fourth-order valence-corrected chi connectivity index (χ4v) is 0.562. The Balaban J connectivity index is 4.04. The molecule has 0 bridgehead atoms. The molecule has 6 nitrogen and oxygen atoms in total. The molecule has 0 saturated carbocycles. The molecule has 0 fully saturated rings. The Morgan fingerprint density at radius 2 is 2.00 bits per heavy atom. The lowest BCUT2D eigenvalue weighted by molar-refractivity contribution is -0.124. The lowest BCUT2D eigenvalue weighted by Gasteiger charge is -2.14. The zero-order chi connectivity index (χ0) is 9.02. The van der Waals surface area contributed by atoms with E-state index < -0.39 is 23.2 Å². The zero-order valence-corrected chi connectivity index (χ0v) is 6.80. The second-order valence-electron chi connectivity index (χ2n) is 1.72. The number of carbonyl (C=O) groups is 2. The van der Waals surface area contributed by atoms with Crippen LogP contribution in [0.5, 0.6) is 0 Å². The van der Waals surface area contributed by atoms with E-state index in [-0.39, 0.29) is 0 Å². The minimum absolute atomic E-state index is 0.534. The van der Waals surface area contributed by atoms with Crippen LogP contribution in [0, 0.1) is 0 Å². The van der Waals surface area contributed by atoms with Gasteiger partial charge in [-0.15, -0.1) is 0 Å². The summed E-state index contributed by atoms with van der Waals surface area (Å²) in [6.07, 6.45) is 0. The van der Waals surface area contributed by atoms with Crippen LogP contribution in [0.3, 0.4) is 0 Å². The molecule has 64 valence electrons. The highest BCUT2D eigenvalue weighted by Gasteiger charge is 2.10. The van der Waals surface area contributed by atoms with E-state index in [1.165, 1.54) is 11.8 Å². The van der Waals surface area contributed by atoms with Crippen molar-refractivity contribution in [2.24, 2.45) is 0 Å². The first-order chi connectivity index (χ1) is 4.95. The van der Waals surface area contributed by atoms with Crippen LogP contribution in [-0.2, 0) is 16.1 Å². The highest BCUT2D eigenvalue weighted by atomic mass is 32.2. The van der Waals surface area contributed by atoms with Crippen molar-refractivity contribution < 1.29 is 18.4 Å². The summed E-state index contributed by atoms with van der Waals surface area (Å²) in [6.45, 7) is 1.15. The summed E-state index contributed by atoms with van der Waals surface area (Å²) in [5, 5.41) is 0. The molecule has 0 aliphatic carbocycles. The predicted octanol–water partition coefficient (Wildman–Crippen LogP) is -1.03. The van der Waals surface area contributed by atoms with E-state index >= 15 is 0 Å². The van der Waals surface area contributed by atoms with Crippen molar-refractivity contribution in [3.8, 4) is 0 Å². The molecule has 11 heavy (non-hydrogen) atoms. The molecule has 0 spiro atoms. The van der Waals surface area contributed by atoms with Crippen LogP contribution in [0.4, 0.5) is 4.79 Å². The predicted molar refractivity (Wildman–Crippen MR) is 35.9 cm³/mol. The average Bonchev–Trinajstić information content (AvgIpc) is 1.84. The van der Waals surface area contributed by atoms with Crippen LogP contribution in [-0.4, -0.2) is 32.6 Å². The van der Waals surface area contributed by atoms with E-state index in [2.05, 4.69) is 0 Å². The fraction of sp³-hybridized carbons (Fsp3) is 0.500. The summed E-state index contributed by atoms with van der Waals surface area (Å²) in [5.41, 5.74) is 0. The van der Waals surface area contributed by atoms with Crippen molar-refractivity contribution in [3.63, 3.8) is 0 Å². The molecule has 0 heterocycles.